The molecule has 3 nitrogen and oxygen atoms in total. The van der Waals surface area contributed by atoms with Gasteiger partial charge < -0.3 is 4.55 Å². The average Bonchev–Trinajstić information content (AvgIpc) is 2.29. The van der Waals surface area contributed by atoms with Crippen LogP contribution in [-0.4, -0.2) is 13.0 Å². The fourth-order valence-electron chi connectivity index (χ4n) is 1.50. The zero-order valence-corrected chi connectivity index (χ0v) is 18.8. The second-order valence-corrected chi connectivity index (χ2v) is 6.69. The van der Waals surface area contributed by atoms with Crippen LogP contribution in [0.25, 0.3) is 11.1 Å². The van der Waals surface area contributed by atoms with E-state index in [1.165, 1.54) is 6.07 Å². The third-order valence-corrected chi connectivity index (χ3v) is 4.14. The fraction of sp³-hybridized carbons (Fsp3) is 0. The quantitative estimate of drug-likeness (QED) is 0.300. The molecule has 0 saturated carbocycles. The number of rotatable bonds is 2. The van der Waals surface area contributed by atoms with Crippen LogP contribution in [0.5, 0.6) is 0 Å². The first kappa shape index (κ1) is 21.3. The van der Waals surface area contributed by atoms with Crippen LogP contribution in [0.1, 0.15) is 0 Å². The Morgan fingerprint density at radius 2 is 1.60 bits per heavy atom. The Morgan fingerprint density at radius 3 is 2.10 bits per heavy atom. The van der Waals surface area contributed by atoms with E-state index in [4.69, 9.17) is 0 Å². The van der Waals surface area contributed by atoms with E-state index in [2.05, 4.69) is 37.9 Å². The van der Waals surface area contributed by atoms with Crippen molar-refractivity contribution < 1.29 is 72.1 Å². The molecule has 2 rings (SSSR count). The molecule has 0 atom stereocenters. The van der Waals surface area contributed by atoms with Gasteiger partial charge in [0.05, 0.1) is 0 Å². The minimum atomic E-state index is -4.53. The molecule has 0 aliphatic carbocycles. The van der Waals surface area contributed by atoms with Gasteiger partial charge in [-0.1, -0.05) is 38.1 Å². The van der Waals surface area contributed by atoms with E-state index in [0.29, 0.717) is 15.6 Å². The Morgan fingerprint density at radius 1 is 1.00 bits per heavy atom. The van der Waals surface area contributed by atoms with Crippen LogP contribution in [0, 0.1) is 6.07 Å². The SMILES string of the molecule is O=S(=O)([O-])c1cc(Br)ccc1-c1[c-]cc(Br)cc1.[Na+].[Na+]. The molecule has 94 valence electrons. The maximum Gasteiger partial charge on any atom is 1.00 e. The van der Waals surface area contributed by atoms with E-state index in [1.54, 1.807) is 30.3 Å². The van der Waals surface area contributed by atoms with E-state index in [9.17, 15) is 13.0 Å². The van der Waals surface area contributed by atoms with Gasteiger partial charge in [-0.3, -0.25) is 0 Å². The van der Waals surface area contributed by atoms with Crippen molar-refractivity contribution in [2.45, 2.75) is 4.90 Å². The normalized spacial score (nSPS) is 10.3. The summed E-state index contributed by atoms with van der Waals surface area (Å²) in [7, 11) is -4.53. The molecule has 2 aromatic rings. The van der Waals surface area contributed by atoms with Crippen molar-refractivity contribution in [2.75, 3.05) is 0 Å². The standard InChI is InChI=1S/C12H7Br2O3S.2Na/c13-9-3-1-8(2-4-9)11-6-5-10(14)7-12(11)18(15,16)17;;/h1,3-7H,(H,15,16,17);;/q-1;2*+1/p-1. The maximum atomic E-state index is 11.2. The summed E-state index contributed by atoms with van der Waals surface area (Å²) in [4.78, 5) is -0.254. The van der Waals surface area contributed by atoms with Crippen LogP contribution >= 0.6 is 31.9 Å². The number of hydrogen-bond donors (Lipinski definition) is 0. The molecule has 8 heteroatoms. The van der Waals surface area contributed by atoms with E-state index < -0.39 is 10.1 Å². The molecular formula is C12H6Br2Na2O3S. The summed E-state index contributed by atoms with van der Waals surface area (Å²) in [5.74, 6) is 0. The van der Waals surface area contributed by atoms with Crippen molar-refractivity contribution in [3.05, 3.63) is 51.4 Å². The van der Waals surface area contributed by atoms with Gasteiger partial charge in [0, 0.05) is 9.37 Å². The van der Waals surface area contributed by atoms with Gasteiger partial charge in [0.2, 0.25) is 0 Å². The largest absolute Gasteiger partial charge is 1.00 e. The molecule has 2 aromatic carbocycles. The smallest absolute Gasteiger partial charge is 0.745 e. The third-order valence-electron chi connectivity index (χ3n) is 2.28. The molecule has 0 heterocycles. The van der Waals surface area contributed by atoms with Gasteiger partial charge in [-0.05, 0) is 6.07 Å². The summed E-state index contributed by atoms with van der Waals surface area (Å²) in [6, 6.07) is 12.6. The molecule has 0 aromatic heterocycles. The topological polar surface area (TPSA) is 57.2 Å². The van der Waals surface area contributed by atoms with E-state index >= 15 is 0 Å². The third kappa shape index (κ3) is 5.50. The monoisotopic (exact) mass is 434 g/mol. The van der Waals surface area contributed by atoms with Crippen LogP contribution in [0.15, 0.2) is 50.2 Å². The summed E-state index contributed by atoms with van der Waals surface area (Å²) < 4.78 is 35.1. The van der Waals surface area contributed by atoms with Gasteiger partial charge >= 0.3 is 59.1 Å². The second-order valence-electron chi connectivity index (χ2n) is 3.52. The van der Waals surface area contributed by atoms with E-state index in [-0.39, 0.29) is 64.0 Å². The van der Waals surface area contributed by atoms with Gasteiger partial charge in [0.1, 0.15) is 10.1 Å². The van der Waals surface area contributed by atoms with Gasteiger partial charge in [-0.15, -0.1) is 45.8 Å². The molecule has 0 radical (unpaired) electrons. The minimum absolute atomic E-state index is 0. The molecule has 0 bridgehead atoms. The molecule has 0 fully saturated rings. The summed E-state index contributed by atoms with van der Waals surface area (Å²) >= 11 is 6.42. The van der Waals surface area contributed by atoms with Crippen LogP contribution in [0.2, 0.25) is 0 Å². The number of hydrogen-bond acceptors (Lipinski definition) is 3. The second kappa shape index (κ2) is 8.82. The zero-order valence-electron chi connectivity index (χ0n) is 10.9. The van der Waals surface area contributed by atoms with Crippen LogP contribution in [-0.2, 0) is 10.1 Å². The summed E-state index contributed by atoms with van der Waals surface area (Å²) in [5, 5.41) is 0. The van der Waals surface area contributed by atoms with Crippen molar-refractivity contribution in [3.8, 4) is 11.1 Å². The maximum absolute atomic E-state index is 11.2. The molecule has 0 spiro atoms. The first-order valence-electron chi connectivity index (χ1n) is 4.81. The minimum Gasteiger partial charge on any atom is -0.745 e. The Balaban J connectivity index is 0.00000180. The van der Waals surface area contributed by atoms with Gasteiger partial charge in [0.15, 0.2) is 0 Å². The van der Waals surface area contributed by atoms with E-state index in [0.717, 1.165) is 4.47 Å². The summed E-state index contributed by atoms with van der Waals surface area (Å²) in [6.45, 7) is 0. The molecule has 0 unspecified atom stereocenters. The Labute approximate surface area is 179 Å². The van der Waals surface area contributed by atoms with Gasteiger partial charge in [-0.2, -0.15) is 0 Å². The molecular weight excluding hydrogens is 430 g/mol. The Bertz CT molecular complexity index is 688. The van der Waals surface area contributed by atoms with Crippen molar-refractivity contribution in [1.29, 1.82) is 0 Å². The average molecular weight is 436 g/mol. The van der Waals surface area contributed by atoms with Gasteiger partial charge in [-0.25, -0.2) is 8.42 Å². The molecule has 0 aliphatic rings. The van der Waals surface area contributed by atoms with Crippen molar-refractivity contribution in [3.63, 3.8) is 0 Å². The van der Waals surface area contributed by atoms with Crippen LogP contribution in [0.3, 0.4) is 0 Å². The Hall–Kier alpha value is 1.31. The Kier molecular flexibility index (Phi) is 9.39. The number of benzene rings is 2. The first-order valence-corrected chi connectivity index (χ1v) is 7.80. The predicted molar refractivity (Wildman–Crippen MR) is 74.1 cm³/mol. The van der Waals surface area contributed by atoms with Crippen LogP contribution < -0.4 is 59.1 Å². The van der Waals surface area contributed by atoms with E-state index in [1.807, 2.05) is 0 Å². The summed E-state index contributed by atoms with van der Waals surface area (Å²) in [6.07, 6.45) is 0. The number of halogens is 2. The predicted octanol–water partition coefficient (Wildman–Crippen LogP) is -2.41. The van der Waals surface area contributed by atoms with Crippen molar-refractivity contribution in [1.82, 2.24) is 0 Å². The van der Waals surface area contributed by atoms with Crippen LogP contribution in [0.4, 0.5) is 0 Å². The fourth-order valence-corrected chi connectivity index (χ4v) is 2.98. The van der Waals surface area contributed by atoms with Gasteiger partial charge in [0.25, 0.3) is 0 Å². The van der Waals surface area contributed by atoms with Crippen molar-refractivity contribution in [2.24, 2.45) is 0 Å². The molecule has 0 saturated heterocycles. The molecule has 0 aliphatic heterocycles. The first-order chi connectivity index (χ1) is 8.38. The molecule has 0 N–H and O–H groups in total. The summed E-state index contributed by atoms with van der Waals surface area (Å²) in [5.41, 5.74) is 0.904. The molecule has 0 amide bonds. The van der Waals surface area contributed by atoms with Crippen molar-refractivity contribution >= 4 is 42.0 Å². The molecule has 20 heavy (non-hydrogen) atoms. The zero-order chi connectivity index (χ0) is 13.3.